The standard InChI is InChI=1S/C15H22N2O/c1-14(2,3)13-17-11-8-10(9-15(4,5)16)6-7-12(11)18-13/h6-8H,9,16H2,1-5H3. The predicted octanol–water partition coefficient (Wildman–Crippen LogP) is 3.41. The summed E-state index contributed by atoms with van der Waals surface area (Å²) in [6.07, 6.45) is 0.834. The van der Waals surface area contributed by atoms with Crippen molar-refractivity contribution in [3.8, 4) is 0 Å². The van der Waals surface area contributed by atoms with E-state index in [1.54, 1.807) is 0 Å². The summed E-state index contributed by atoms with van der Waals surface area (Å²) < 4.78 is 5.78. The molecule has 0 saturated heterocycles. The Morgan fingerprint density at radius 3 is 2.39 bits per heavy atom. The number of nitrogens with two attached hydrogens (primary N) is 1. The van der Waals surface area contributed by atoms with E-state index < -0.39 is 0 Å². The van der Waals surface area contributed by atoms with Crippen LogP contribution in [0.15, 0.2) is 22.6 Å². The quantitative estimate of drug-likeness (QED) is 0.883. The van der Waals surface area contributed by atoms with Crippen LogP contribution in [-0.4, -0.2) is 10.5 Å². The van der Waals surface area contributed by atoms with Crippen molar-refractivity contribution in [1.82, 2.24) is 4.98 Å². The first kappa shape index (κ1) is 13.1. The molecule has 98 valence electrons. The molecule has 2 N–H and O–H groups in total. The Bertz CT molecular complexity index is 556. The van der Waals surface area contributed by atoms with E-state index in [9.17, 15) is 0 Å². The Morgan fingerprint density at radius 2 is 1.83 bits per heavy atom. The number of benzene rings is 1. The lowest BCUT2D eigenvalue weighted by atomic mass is 9.96. The van der Waals surface area contributed by atoms with Crippen molar-refractivity contribution in [1.29, 1.82) is 0 Å². The molecule has 0 aliphatic rings. The average Bonchev–Trinajstić information content (AvgIpc) is 2.57. The van der Waals surface area contributed by atoms with Gasteiger partial charge < -0.3 is 10.2 Å². The maximum Gasteiger partial charge on any atom is 0.200 e. The maximum atomic E-state index is 6.04. The molecule has 0 aliphatic carbocycles. The third kappa shape index (κ3) is 2.91. The molecule has 2 rings (SSSR count). The van der Waals surface area contributed by atoms with E-state index in [2.05, 4.69) is 37.9 Å². The van der Waals surface area contributed by atoms with E-state index >= 15 is 0 Å². The number of nitrogens with zero attached hydrogens (tertiary/aromatic N) is 1. The summed E-state index contributed by atoms with van der Waals surface area (Å²) >= 11 is 0. The van der Waals surface area contributed by atoms with E-state index in [4.69, 9.17) is 10.2 Å². The molecule has 0 atom stereocenters. The van der Waals surface area contributed by atoms with Gasteiger partial charge >= 0.3 is 0 Å². The molecule has 0 spiro atoms. The monoisotopic (exact) mass is 246 g/mol. The molecular weight excluding hydrogens is 224 g/mol. The number of aromatic nitrogens is 1. The molecule has 0 bridgehead atoms. The van der Waals surface area contributed by atoms with Crippen molar-refractivity contribution in [2.75, 3.05) is 0 Å². The zero-order valence-electron chi connectivity index (χ0n) is 11.9. The fraction of sp³-hybridized carbons (Fsp3) is 0.533. The van der Waals surface area contributed by atoms with Crippen molar-refractivity contribution in [2.24, 2.45) is 5.73 Å². The van der Waals surface area contributed by atoms with Crippen LogP contribution in [0.2, 0.25) is 0 Å². The highest BCUT2D eigenvalue weighted by molar-refractivity contribution is 5.73. The second-order valence-electron chi connectivity index (χ2n) is 6.74. The number of hydrogen-bond donors (Lipinski definition) is 1. The minimum Gasteiger partial charge on any atom is -0.440 e. The van der Waals surface area contributed by atoms with Crippen LogP contribution < -0.4 is 5.73 Å². The molecule has 1 heterocycles. The Morgan fingerprint density at radius 1 is 1.17 bits per heavy atom. The average molecular weight is 246 g/mol. The third-order valence-corrected chi connectivity index (χ3v) is 2.75. The topological polar surface area (TPSA) is 52.0 Å². The maximum absolute atomic E-state index is 6.04. The molecular formula is C15H22N2O. The van der Waals surface area contributed by atoms with Gasteiger partial charge in [0.15, 0.2) is 5.58 Å². The van der Waals surface area contributed by atoms with Crippen molar-refractivity contribution >= 4 is 11.1 Å². The van der Waals surface area contributed by atoms with Crippen LogP contribution in [0.1, 0.15) is 46.1 Å². The van der Waals surface area contributed by atoms with E-state index in [-0.39, 0.29) is 11.0 Å². The largest absolute Gasteiger partial charge is 0.440 e. The fourth-order valence-electron chi connectivity index (χ4n) is 1.93. The normalized spacial score (nSPS) is 13.2. The second kappa shape index (κ2) is 4.09. The molecule has 0 saturated carbocycles. The highest BCUT2D eigenvalue weighted by Gasteiger charge is 2.21. The first-order chi connectivity index (χ1) is 8.15. The zero-order chi connectivity index (χ0) is 13.6. The van der Waals surface area contributed by atoms with Gasteiger partial charge in [0.25, 0.3) is 0 Å². The smallest absolute Gasteiger partial charge is 0.200 e. The SMILES string of the molecule is CC(C)(N)Cc1ccc2oc(C(C)(C)C)nc2c1. The summed E-state index contributed by atoms with van der Waals surface area (Å²) in [5.41, 5.74) is 8.74. The first-order valence-electron chi connectivity index (χ1n) is 6.34. The van der Waals surface area contributed by atoms with E-state index in [0.717, 1.165) is 23.4 Å². The van der Waals surface area contributed by atoms with Gasteiger partial charge in [0.2, 0.25) is 5.89 Å². The van der Waals surface area contributed by atoms with Crippen LogP contribution >= 0.6 is 0 Å². The number of hydrogen-bond acceptors (Lipinski definition) is 3. The number of oxazole rings is 1. The van der Waals surface area contributed by atoms with Gasteiger partial charge in [-0.1, -0.05) is 26.8 Å². The first-order valence-corrected chi connectivity index (χ1v) is 6.34. The highest BCUT2D eigenvalue weighted by Crippen LogP contribution is 2.26. The number of rotatable bonds is 2. The molecule has 1 aromatic carbocycles. The lowest BCUT2D eigenvalue weighted by molar-refractivity contribution is 0.411. The summed E-state index contributed by atoms with van der Waals surface area (Å²) in [4.78, 5) is 4.57. The third-order valence-electron chi connectivity index (χ3n) is 2.75. The lowest BCUT2D eigenvalue weighted by Crippen LogP contribution is -2.34. The van der Waals surface area contributed by atoms with Crippen LogP contribution in [-0.2, 0) is 11.8 Å². The lowest BCUT2D eigenvalue weighted by Gasteiger charge is -2.17. The van der Waals surface area contributed by atoms with Crippen molar-refractivity contribution in [3.05, 3.63) is 29.7 Å². The zero-order valence-corrected chi connectivity index (χ0v) is 11.9. The van der Waals surface area contributed by atoms with Gasteiger partial charge in [-0.2, -0.15) is 0 Å². The van der Waals surface area contributed by atoms with Gasteiger partial charge in [-0.15, -0.1) is 0 Å². The van der Waals surface area contributed by atoms with Crippen molar-refractivity contribution < 1.29 is 4.42 Å². The molecule has 18 heavy (non-hydrogen) atoms. The van der Waals surface area contributed by atoms with Crippen molar-refractivity contribution in [2.45, 2.75) is 52.0 Å². The van der Waals surface area contributed by atoms with Gasteiger partial charge in [0.05, 0.1) is 0 Å². The second-order valence-corrected chi connectivity index (χ2v) is 6.74. The van der Waals surface area contributed by atoms with Gasteiger partial charge in [-0.3, -0.25) is 0 Å². The highest BCUT2D eigenvalue weighted by atomic mass is 16.3. The summed E-state index contributed by atoms with van der Waals surface area (Å²) in [6.45, 7) is 10.4. The van der Waals surface area contributed by atoms with Gasteiger partial charge in [0, 0.05) is 11.0 Å². The minimum atomic E-state index is -0.204. The fourth-order valence-corrected chi connectivity index (χ4v) is 1.93. The van der Waals surface area contributed by atoms with E-state index in [1.165, 1.54) is 5.56 Å². The Balaban J connectivity index is 2.40. The summed E-state index contributed by atoms with van der Waals surface area (Å²) in [6, 6.07) is 6.12. The Labute approximate surface area is 108 Å². The van der Waals surface area contributed by atoms with Crippen LogP contribution in [0.4, 0.5) is 0 Å². The molecule has 0 unspecified atom stereocenters. The molecule has 2 aromatic rings. The summed E-state index contributed by atoms with van der Waals surface area (Å²) in [5.74, 6) is 0.779. The molecule has 0 amide bonds. The minimum absolute atomic E-state index is 0.0632. The van der Waals surface area contributed by atoms with Gasteiger partial charge in [-0.25, -0.2) is 4.98 Å². The summed E-state index contributed by atoms with van der Waals surface area (Å²) in [7, 11) is 0. The molecule has 1 aromatic heterocycles. The molecule has 0 fully saturated rings. The number of fused-ring (bicyclic) bond motifs is 1. The van der Waals surface area contributed by atoms with Crippen molar-refractivity contribution in [3.63, 3.8) is 0 Å². The molecule has 0 aliphatic heterocycles. The van der Waals surface area contributed by atoms with Crippen LogP contribution in [0.5, 0.6) is 0 Å². The van der Waals surface area contributed by atoms with E-state index in [0.29, 0.717) is 0 Å². The van der Waals surface area contributed by atoms with Crippen LogP contribution in [0.25, 0.3) is 11.1 Å². The van der Waals surface area contributed by atoms with E-state index in [1.807, 2.05) is 19.9 Å². The molecule has 3 nitrogen and oxygen atoms in total. The van der Waals surface area contributed by atoms with Crippen LogP contribution in [0, 0.1) is 0 Å². The summed E-state index contributed by atoms with van der Waals surface area (Å²) in [5, 5.41) is 0. The van der Waals surface area contributed by atoms with Gasteiger partial charge in [-0.05, 0) is 38.0 Å². The Hall–Kier alpha value is -1.35. The molecule has 3 heteroatoms. The predicted molar refractivity (Wildman–Crippen MR) is 74.7 cm³/mol. The Kier molecular flexibility index (Phi) is 2.98. The van der Waals surface area contributed by atoms with Crippen LogP contribution in [0.3, 0.4) is 0 Å². The molecule has 0 radical (unpaired) electrons. The van der Waals surface area contributed by atoms with Gasteiger partial charge in [0.1, 0.15) is 5.52 Å².